The Labute approximate surface area is 263 Å². The van der Waals surface area contributed by atoms with Gasteiger partial charge in [0.25, 0.3) is 0 Å². The summed E-state index contributed by atoms with van der Waals surface area (Å²) in [4.78, 5) is 17.0. The van der Waals surface area contributed by atoms with E-state index >= 15 is 0 Å². The van der Waals surface area contributed by atoms with Gasteiger partial charge in [-0.25, -0.2) is 9.97 Å². The van der Waals surface area contributed by atoms with Gasteiger partial charge in [-0.05, 0) is 93.0 Å². The van der Waals surface area contributed by atoms with Crippen LogP contribution in [0.25, 0.3) is 5.70 Å². The van der Waals surface area contributed by atoms with Crippen LogP contribution in [-0.4, -0.2) is 67.7 Å². The summed E-state index contributed by atoms with van der Waals surface area (Å²) >= 11 is 0. The lowest BCUT2D eigenvalue weighted by atomic mass is 9.71. The van der Waals surface area contributed by atoms with Crippen LogP contribution >= 0.6 is 0 Å². The average Bonchev–Trinajstić information content (AvgIpc) is 3.01. The Kier molecular flexibility index (Phi) is 8.54. The second-order valence-electron chi connectivity index (χ2n) is 13.8. The molecule has 6 rings (SSSR count). The van der Waals surface area contributed by atoms with Gasteiger partial charge >= 0.3 is 0 Å². The van der Waals surface area contributed by atoms with E-state index in [1.165, 1.54) is 44.5 Å². The van der Waals surface area contributed by atoms with Crippen LogP contribution in [0.5, 0.6) is 0 Å². The second kappa shape index (κ2) is 12.5. The van der Waals surface area contributed by atoms with Crippen molar-refractivity contribution in [3.63, 3.8) is 0 Å². The summed E-state index contributed by atoms with van der Waals surface area (Å²) in [6.07, 6.45) is 8.96. The van der Waals surface area contributed by atoms with Crippen LogP contribution < -0.4 is 25.8 Å². The van der Waals surface area contributed by atoms with Crippen LogP contribution in [0.15, 0.2) is 74.0 Å². The number of likely N-dealkylation sites (tertiary alicyclic amines) is 1. The van der Waals surface area contributed by atoms with E-state index in [1.807, 2.05) is 24.4 Å². The van der Waals surface area contributed by atoms with E-state index in [9.17, 15) is 0 Å². The molecular weight excluding hydrogens is 544 g/mol. The van der Waals surface area contributed by atoms with Crippen molar-refractivity contribution >= 4 is 40.2 Å². The Balaban J connectivity index is 1.14. The third-order valence-electron chi connectivity index (χ3n) is 9.62. The van der Waals surface area contributed by atoms with Crippen molar-refractivity contribution < 1.29 is 0 Å². The van der Waals surface area contributed by atoms with Gasteiger partial charge in [0.2, 0.25) is 0 Å². The molecule has 44 heavy (non-hydrogen) atoms. The molecule has 0 radical (unpaired) electrons. The van der Waals surface area contributed by atoms with Crippen molar-refractivity contribution in [3.05, 3.63) is 79.5 Å². The summed E-state index contributed by atoms with van der Waals surface area (Å²) in [6.45, 7) is 20.1. The number of nitrogens with one attached hydrogen (secondary N) is 3. The van der Waals surface area contributed by atoms with E-state index in [0.717, 1.165) is 66.3 Å². The van der Waals surface area contributed by atoms with E-state index in [4.69, 9.17) is 9.97 Å². The van der Waals surface area contributed by atoms with E-state index < -0.39 is 0 Å². The molecule has 3 N–H and O–H groups in total. The largest absolute Gasteiger partial charge is 0.381 e. The Hall–Kier alpha value is -4.04. The fraction of sp³-hybridized carbons (Fsp3) is 0.444. The van der Waals surface area contributed by atoms with E-state index in [2.05, 4.69) is 101 Å². The summed E-state index contributed by atoms with van der Waals surface area (Å²) in [7, 11) is 2.25. The molecule has 0 atom stereocenters. The molecule has 3 fully saturated rings. The van der Waals surface area contributed by atoms with Crippen molar-refractivity contribution in [1.29, 1.82) is 0 Å². The maximum absolute atomic E-state index is 4.92. The highest BCUT2D eigenvalue weighted by Crippen LogP contribution is 2.42. The zero-order valence-corrected chi connectivity index (χ0v) is 26.7. The summed E-state index contributed by atoms with van der Waals surface area (Å²) < 4.78 is 0. The molecule has 0 bridgehead atoms. The number of rotatable bonds is 10. The van der Waals surface area contributed by atoms with Gasteiger partial charge in [0, 0.05) is 67.6 Å². The normalized spacial score (nSPS) is 19.2. The molecule has 0 amide bonds. The van der Waals surface area contributed by atoms with Gasteiger partial charge in [-0.2, -0.15) is 0 Å². The zero-order chi connectivity index (χ0) is 30.7. The molecule has 0 saturated carbocycles. The minimum atomic E-state index is 0.333. The van der Waals surface area contributed by atoms with Crippen LogP contribution in [0.1, 0.15) is 45.1 Å². The van der Waals surface area contributed by atoms with Gasteiger partial charge in [0.05, 0.1) is 5.69 Å². The highest BCUT2D eigenvalue weighted by molar-refractivity contribution is 5.79. The molecule has 8 heteroatoms. The Morgan fingerprint density at radius 2 is 1.61 bits per heavy atom. The number of anilines is 6. The molecule has 8 nitrogen and oxygen atoms in total. The summed E-state index contributed by atoms with van der Waals surface area (Å²) in [6, 6.07) is 16.9. The smallest absolute Gasteiger partial charge is 0.132 e. The van der Waals surface area contributed by atoms with Crippen molar-refractivity contribution in [2.24, 2.45) is 10.8 Å². The predicted octanol–water partition coefficient (Wildman–Crippen LogP) is 6.87. The molecule has 3 aliphatic heterocycles. The summed E-state index contributed by atoms with van der Waals surface area (Å²) in [5, 5.41) is 10.4. The number of hydrogen-bond donors (Lipinski definition) is 3. The lowest BCUT2D eigenvalue weighted by Crippen LogP contribution is -2.53. The van der Waals surface area contributed by atoms with Crippen molar-refractivity contribution in [2.45, 2.75) is 39.5 Å². The number of piperidine rings is 2. The molecular formula is C36H48N8. The van der Waals surface area contributed by atoms with E-state index in [-0.39, 0.29) is 0 Å². The molecule has 1 aromatic carbocycles. The topological polar surface area (TPSA) is 71.6 Å². The fourth-order valence-corrected chi connectivity index (χ4v) is 6.85. The lowest BCUT2D eigenvalue weighted by molar-refractivity contribution is 0.0945. The zero-order valence-electron chi connectivity index (χ0n) is 26.7. The highest BCUT2D eigenvalue weighted by atomic mass is 15.3. The number of aromatic nitrogens is 2. The van der Waals surface area contributed by atoms with E-state index in [0.29, 0.717) is 17.4 Å². The van der Waals surface area contributed by atoms with Gasteiger partial charge < -0.3 is 30.7 Å². The van der Waals surface area contributed by atoms with Gasteiger partial charge in [-0.1, -0.05) is 32.6 Å². The quantitative estimate of drug-likeness (QED) is 0.221. The van der Waals surface area contributed by atoms with Crippen LogP contribution in [-0.2, 0) is 0 Å². The summed E-state index contributed by atoms with van der Waals surface area (Å²) in [5.74, 6) is 2.53. The predicted molar refractivity (Wildman–Crippen MR) is 185 cm³/mol. The molecule has 5 heterocycles. The Bertz CT molecular complexity index is 1450. The SMILES string of the molecule is C=CCNC(=C)c1cnc(Nc2ccc(N3CCC4(CCN(C)CC4)CC3)cc2)cc1Nc1cccc(N2CC(C)(C)C2)n1. The maximum atomic E-state index is 4.92. The van der Waals surface area contributed by atoms with E-state index in [1.54, 1.807) is 0 Å². The summed E-state index contributed by atoms with van der Waals surface area (Å²) in [5.41, 5.74) is 5.74. The standard InChI is InChI=1S/C36H48N8/c1-6-18-37-27(2)30-24-38-33(23-31(30)40-32-8-7-9-34(41-32)44-25-35(3,4)26-44)39-28-10-12-29(13-11-28)43-21-16-36(17-22-43)14-19-42(5)20-15-36/h6-13,23-24,37H,1-2,14-22,25-26H2,3-5H3,(H2,38,39,40,41). The number of hydrogen-bond acceptors (Lipinski definition) is 8. The third kappa shape index (κ3) is 6.86. The van der Waals surface area contributed by atoms with Crippen LogP contribution in [0.2, 0.25) is 0 Å². The molecule has 1 spiro atoms. The third-order valence-corrected chi connectivity index (χ3v) is 9.62. The fourth-order valence-electron chi connectivity index (χ4n) is 6.85. The first-order valence-electron chi connectivity index (χ1n) is 16.0. The van der Waals surface area contributed by atoms with Gasteiger partial charge in [0.1, 0.15) is 17.5 Å². The van der Waals surface area contributed by atoms with Gasteiger partial charge in [-0.15, -0.1) is 6.58 Å². The average molecular weight is 593 g/mol. The van der Waals surface area contributed by atoms with Crippen LogP contribution in [0.3, 0.4) is 0 Å². The molecule has 0 aliphatic carbocycles. The minimum absolute atomic E-state index is 0.333. The second-order valence-corrected chi connectivity index (χ2v) is 13.8. The van der Waals surface area contributed by atoms with Gasteiger partial charge in [0.15, 0.2) is 0 Å². The lowest BCUT2D eigenvalue weighted by Gasteiger charge is -2.46. The number of benzene rings is 1. The van der Waals surface area contributed by atoms with Gasteiger partial charge in [-0.3, -0.25) is 0 Å². The van der Waals surface area contributed by atoms with Crippen molar-refractivity contribution in [1.82, 2.24) is 20.2 Å². The Morgan fingerprint density at radius 1 is 0.909 bits per heavy atom. The molecule has 3 aliphatic rings. The molecule has 0 unspecified atom stereocenters. The monoisotopic (exact) mass is 592 g/mol. The van der Waals surface area contributed by atoms with Crippen molar-refractivity contribution in [3.8, 4) is 0 Å². The first-order chi connectivity index (χ1) is 21.2. The molecule has 232 valence electrons. The van der Waals surface area contributed by atoms with Crippen molar-refractivity contribution in [2.75, 3.05) is 73.3 Å². The van der Waals surface area contributed by atoms with Crippen LogP contribution in [0.4, 0.5) is 34.5 Å². The maximum Gasteiger partial charge on any atom is 0.132 e. The number of pyridine rings is 2. The molecule has 2 aromatic heterocycles. The first-order valence-corrected chi connectivity index (χ1v) is 16.0. The highest BCUT2D eigenvalue weighted by Gasteiger charge is 2.37. The van der Waals surface area contributed by atoms with Crippen LogP contribution in [0, 0.1) is 10.8 Å². The number of nitrogens with zero attached hydrogens (tertiary/aromatic N) is 5. The minimum Gasteiger partial charge on any atom is -0.381 e. The molecule has 3 saturated heterocycles. The molecule has 3 aromatic rings. The first kappa shape index (κ1) is 30.0. The Morgan fingerprint density at radius 3 is 2.30 bits per heavy atom.